The summed E-state index contributed by atoms with van der Waals surface area (Å²) in [6.45, 7) is -2.87. The van der Waals surface area contributed by atoms with Crippen LogP contribution >= 0.6 is 0 Å². The van der Waals surface area contributed by atoms with E-state index in [9.17, 15) is 22.8 Å². The molecule has 0 aromatic rings. The van der Waals surface area contributed by atoms with Gasteiger partial charge in [0.05, 0.1) is 6.54 Å². The normalized spacial score (nSPS) is 10.5. The summed E-state index contributed by atoms with van der Waals surface area (Å²) in [5.41, 5.74) is 0. The van der Waals surface area contributed by atoms with E-state index >= 15 is 0 Å². The number of alkyl halides is 3. The van der Waals surface area contributed by atoms with Gasteiger partial charge in [0.1, 0.15) is 13.1 Å². The number of terminal acetylenes is 1. The lowest BCUT2D eigenvalue weighted by Crippen LogP contribution is -2.47. The van der Waals surface area contributed by atoms with Crippen molar-refractivity contribution in [2.75, 3.05) is 26.7 Å². The van der Waals surface area contributed by atoms with Crippen molar-refractivity contribution in [2.45, 2.75) is 6.18 Å². The molecular weight excluding hydrogens is 241 g/mol. The van der Waals surface area contributed by atoms with Crippen LogP contribution in [-0.4, -0.2) is 59.8 Å². The van der Waals surface area contributed by atoms with E-state index in [1.54, 1.807) is 0 Å². The zero-order valence-electron chi connectivity index (χ0n) is 8.99. The summed E-state index contributed by atoms with van der Waals surface area (Å²) in [5, 5.41) is 8.42. The molecule has 0 bridgehead atoms. The van der Waals surface area contributed by atoms with Crippen LogP contribution in [0.3, 0.4) is 0 Å². The molecule has 0 radical (unpaired) electrons. The second-order valence-corrected chi connectivity index (χ2v) is 3.21. The van der Waals surface area contributed by atoms with Crippen LogP contribution in [0.25, 0.3) is 0 Å². The Morgan fingerprint density at radius 2 is 1.94 bits per heavy atom. The molecule has 2 amide bonds. The molecule has 0 atom stereocenters. The molecular formula is C9H11F3N2O3. The summed E-state index contributed by atoms with van der Waals surface area (Å²) in [7, 11) is 1.19. The van der Waals surface area contributed by atoms with Crippen LogP contribution in [0.2, 0.25) is 0 Å². The largest absolute Gasteiger partial charge is 0.480 e. The van der Waals surface area contributed by atoms with Gasteiger partial charge in [0.2, 0.25) is 0 Å². The highest BCUT2D eigenvalue weighted by molar-refractivity contribution is 5.80. The quantitative estimate of drug-likeness (QED) is 0.746. The minimum Gasteiger partial charge on any atom is -0.480 e. The molecule has 0 aliphatic carbocycles. The molecule has 0 fully saturated rings. The number of halogens is 3. The number of nitrogens with zero attached hydrogens (tertiary/aromatic N) is 2. The number of rotatable bonds is 4. The van der Waals surface area contributed by atoms with E-state index in [1.165, 1.54) is 7.05 Å². The topological polar surface area (TPSA) is 60.9 Å². The van der Waals surface area contributed by atoms with Crippen molar-refractivity contribution in [1.82, 2.24) is 9.80 Å². The van der Waals surface area contributed by atoms with Crippen molar-refractivity contribution in [2.24, 2.45) is 0 Å². The first-order chi connectivity index (χ1) is 7.67. The minimum absolute atomic E-state index is 0.166. The first-order valence-corrected chi connectivity index (χ1v) is 4.39. The van der Waals surface area contributed by atoms with Crippen LogP contribution < -0.4 is 0 Å². The number of carbonyl (C=O) groups excluding carboxylic acids is 1. The number of hydrogen-bond acceptors (Lipinski definition) is 2. The maximum atomic E-state index is 12.1. The molecule has 0 aromatic heterocycles. The van der Waals surface area contributed by atoms with Gasteiger partial charge < -0.3 is 14.9 Å². The van der Waals surface area contributed by atoms with Gasteiger partial charge in [0.25, 0.3) is 0 Å². The Hall–Kier alpha value is -1.91. The van der Waals surface area contributed by atoms with Gasteiger partial charge in [0.15, 0.2) is 0 Å². The van der Waals surface area contributed by atoms with Crippen molar-refractivity contribution in [3.05, 3.63) is 0 Å². The van der Waals surface area contributed by atoms with Crippen LogP contribution in [-0.2, 0) is 4.79 Å². The maximum absolute atomic E-state index is 12.1. The smallest absolute Gasteiger partial charge is 0.406 e. The van der Waals surface area contributed by atoms with Gasteiger partial charge in [-0.1, -0.05) is 5.92 Å². The second-order valence-electron chi connectivity index (χ2n) is 3.21. The molecule has 17 heavy (non-hydrogen) atoms. The van der Waals surface area contributed by atoms with E-state index < -0.39 is 31.3 Å². The lowest BCUT2D eigenvalue weighted by molar-refractivity contribution is -0.149. The molecule has 0 heterocycles. The van der Waals surface area contributed by atoms with Crippen molar-refractivity contribution in [1.29, 1.82) is 0 Å². The summed E-state index contributed by atoms with van der Waals surface area (Å²) in [6, 6.07) is -1.08. The summed E-state index contributed by atoms with van der Waals surface area (Å²) in [6.07, 6.45) is 0.230. The highest BCUT2D eigenvalue weighted by Gasteiger charge is 2.34. The van der Waals surface area contributed by atoms with E-state index in [0.29, 0.717) is 0 Å². The summed E-state index contributed by atoms with van der Waals surface area (Å²) >= 11 is 0. The van der Waals surface area contributed by atoms with Crippen LogP contribution in [0.5, 0.6) is 0 Å². The number of amides is 2. The third kappa shape index (κ3) is 6.29. The number of carboxylic acid groups (broad SMARTS) is 1. The molecule has 0 spiro atoms. The van der Waals surface area contributed by atoms with Gasteiger partial charge in [0, 0.05) is 7.05 Å². The van der Waals surface area contributed by atoms with Crippen molar-refractivity contribution in [3.8, 4) is 12.3 Å². The number of hydrogen-bond donors (Lipinski definition) is 1. The molecule has 0 unspecified atom stereocenters. The Labute approximate surface area is 95.8 Å². The fraction of sp³-hybridized carbons (Fsp3) is 0.556. The zero-order valence-corrected chi connectivity index (χ0v) is 8.99. The number of carboxylic acids is 1. The maximum Gasteiger partial charge on any atom is 0.406 e. The molecule has 1 N–H and O–H groups in total. The molecule has 0 aliphatic heterocycles. The van der Waals surface area contributed by atoms with Gasteiger partial charge >= 0.3 is 18.2 Å². The van der Waals surface area contributed by atoms with Gasteiger partial charge in [-0.3, -0.25) is 4.79 Å². The van der Waals surface area contributed by atoms with Gasteiger partial charge in [-0.25, -0.2) is 4.79 Å². The highest BCUT2D eigenvalue weighted by atomic mass is 19.4. The Morgan fingerprint density at radius 3 is 2.29 bits per heavy atom. The Morgan fingerprint density at radius 1 is 1.41 bits per heavy atom. The predicted molar refractivity (Wildman–Crippen MR) is 52.1 cm³/mol. The van der Waals surface area contributed by atoms with Crippen molar-refractivity contribution >= 4 is 12.0 Å². The number of carbonyl (C=O) groups is 2. The molecule has 0 aliphatic rings. The molecule has 0 saturated carbocycles. The average Bonchev–Trinajstić information content (AvgIpc) is 2.13. The fourth-order valence-corrected chi connectivity index (χ4v) is 1.02. The summed E-state index contributed by atoms with van der Waals surface area (Å²) < 4.78 is 36.4. The van der Waals surface area contributed by atoms with E-state index in [0.717, 1.165) is 4.90 Å². The van der Waals surface area contributed by atoms with Crippen LogP contribution in [0.4, 0.5) is 18.0 Å². The highest BCUT2D eigenvalue weighted by Crippen LogP contribution is 2.17. The lowest BCUT2D eigenvalue weighted by atomic mass is 10.4. The first-order valence-electron chi connectivity index (χ1n) is 4.39. The molecule has 0 saturated heterocycles. The molecule has 96 valence electrons. The van der Waals surface area contributed by atoms with E-state index in [2.05, 4.69) is 5.92 Å². The average molecular weight is 252 g/mol. The number of aliphatic carboxylic acids is 1. The fourth-order valence-electron chi connectivity index (χ4n) is 1.02. The second kappa shape index (κ2) is 5.98. The third-order valence-corrected chi connectivity index (χ3v) is 1.62. The van der Waals surface area contributed by atoms with E-state index in [4.69, 9.17) is 11.5 Å². The minimum atomic E-state index is -4.66. The number of urea groups is 1. The molecule has 8 heteroatoms. The van der Waals surface area contributed by atoms with Gasteiger partial charge in [-0.2, -0.15) is 13.2 Å². The molecule has 0 aromatic carbocycles. The summed E-state index contributed by atoms with van der Waals surface area (Å²) in [5.74, 6) is 0.538. The van der Waals surface area contributed by atoms with Gasteiger partial charge in [-0.15, -0.1) is 6.42 Å². The predicted octanol–water partition coefficient (Wildman–Crippen LogP) is 0.620. The lowest BCUT2D eigenvalue weighted by Gasteiger charge is -2.26. The van der Waals surface area contributed by atoms with Crippen LogP contribution in [0, 0.1) is 12.3 Å². The first kappa shape index (κ1) is 15.1. The SMILES string of the molecule is C#CCN(C)C(=O)N(CC(=O)O)CC(F)(F)F. The zero-order chi connectivity index (χ0) is 13.6. The third-order valence-electron chi connectivity index (χ3n) is 1.62. The monoisotopic (exact) mass is 252 g/mol. The standard InChI is InChI=1S/C9H11F3N2O3/c1-3-4-13(2)8(17)14(5-7(15)16)6-9(10,11)12/h1H,4-6H2,2H3,(H,15,16). The van der Waals surface area contributed by atoms with Crippen LogP contribution in [0.1, 0.15) is 0 Å². The van der Waals surface area contributed by atoms with Gasteiger partial charge in [-0.05, 0) is 0 Å². The van der Waals surface area contributed by atoms with Crippen molar-refractivity contribution in [3.63, 3.8) is 0 Å². The molecule has 0 rings (SSSR count). The van der Waals surface area contributed by atoms with E-state index in [-0.39, 0.29) is 11.4 Å². The Balaban J connectivity index is 4.74. The van der Waals surface area contributed by atoms with Crippen LogP contribution in [0.15, 0.2) is 0 Å². The van der Waals surface area contributed by atoms with E-state index in [1.807, 2.05) is 0 Å². The van der Waals surface area contributed by atoms with Crippen molar-refractivity contribution < 1.29 is 27.9 Å². The Kier molecular flexibility index (Phi) is 5.31. The Bertz CT molecular complexity index is 335. The molecule has 5 nitrogen and oxygen atoms in total. The summed E-state index contributed by atoms with van der Waals surface area (Å²) in [4.78, 5) is 22.8.